The van der Waals surface area contributed by atoms with Gasteiger partial charge in [-0.25, -0.2) is 9.78 Å². The van der Waals surface area contributed by atoms with Crippen molar-refractivity contribution in [2.45, 2.75) is 0 Å². The van der Waals surface area contributed by atoms with Crippen LogP contribution in [0.4, 0.5) is 5.69 Å². The normalized spacial score (nSPS) is 10.5. The number of aromatic nitrogens is 1. The molecule has 1 heterocycles. The Morgan fingerprint density at radius 3 is 2.39 bits per heavy atom. The van der Waals surface area contributed by atoms with E-state index in [1.54, 1.807) is 72.1 Å². The van der Waals surface area contributed by atoms with E-state index >= 15 is 0 Å². The van der Waals surface area contributed by atoms with E-state index in [1.165, 1.54) is 11.3 Å². The van der Waals surface area contributed by atoms with Crippen LogP contribution in [0.25, 0.3) is 10.6 Å². The largest absolute Gasteiger partial charge is 0.453 e. The number of rotatable bonds is 7. The van der Waals surface area contributed by atoms with Crippen molar-refractivity contribution in [1.82, 2.24) is 4.98 Å². The fourth-order valence-corrected chi connectivity index (χ4v) is 3.92. The number of anilines is 1. The topological polar surface area (TPSA) is 85.4 Å². The van der Waals surface area contributed by atoms with Gasteiger partial charge in [0.2, 0.25) is 0 Å². The smallest absolute Gasteiger partial charge is 0.358 e. The second-order valence-electron chi connectivity index (χ2n) is 6.95. The van der Waals surface area contributed by atoms with Gasteiger partial charge in [-0.1, -0.05) is 41.9 Å². The summed E-state index contributed by atoms with van der Waals surface area (Å²) in [5.41, 5.74) is 2.36. The first-order chi connectivity index (χ1) is 16.0. The van der Waals surface area contributed by atoms with Crippen molar-refractivity contribution < 1.29 is 19.1 Å². The highest BCUT2D eigenvalue weighted by Crippen LogP contribution is 2.26. The number of nitrogens with zero attached hydrogens (tertiary/aromatic N) is 1. The summed E-state index contributed by atoms with van der Waals surface area (Å²) in [5.74, 6) is -1.29. The van der Waals surface area contributed by atoms with E-state index in [0.29, 0.717) is 26.8 Å². The van der Waals surface area contributed by atoms with Gasteiger partial charge in [-0.2, -0.15) is 0 Å². The molecule has 0 fully saturated rings. The van der Waals surface area contributed by atoms with Gasteiger partial charge in [0, 0.05) is 32.8 Å². The Balaban J connectivity index is 1.32. The van der Waals surface area contributed by atoms with Crippen LogP contribution in [-0.4, -0.2) is 29.3 Å². The van der Waals surface area contributed by atoms with Gasteiger partial charge in [-0.3, -0.25) is 9.59 Å². The van der Waals surface area contributed by atoms with Crippen LogP contribution in [0.3, 0.4) is 0 Å². The summed E-state index contributed by atoms with van der Waals surface area (Å²) in [6.07, 6.45) is 0. The minimum Gasteiger partial charge on any atom is -0.453 e. The highest BCUT2D eigenvalue weighted by atomic mass is 35.5. The zero-order chi connectivity index (χ0) is 23.2. The Morgan fingerprint density at radius 2 is 1.67 bits per heavy atom. The number of halogens is 1. The lowest BCUT2D eigenvalue weighted by Gasteiger charge is -2.07. The van der Waals surface area contributed by atoms with Crippen molar-refractivity contribution in [1.29, 1.82) is 0 Å². The zero-order valence-corrected chi connectivity index (χ0v) is 18.7. The van der Waals surface area contributed by atoms with E-state index in [1.807, 2.05) is 12.1 Å². The molecule has 0 spiro atoms. The lowest BCUT2D eigenvalue weighted by atomic mass is 10.1. The average Bonchev–Trinajstić information content (AvgIpc) is 3.34. The number of amides is 1. The molecule has 0 unspecified atom stereocenters. The van der Waals surface area contributed by atoms with Gasteiger partial charge >= 0.3 is 5.97 Å². The number of carbonyl (C=O) groups excluding carboxylic acids is 3. The highest BCUT2D eigenvalue weighted by molar-refractivity contribution is 7.13. The van der Waals surface area contributed by atoms with Crippen LogP contribution < -0.4 is 5.32 Å². The van der Waals surface area contributed by atoms with Crippen molar-refractivity contribution in [2.24, 2.45) is 0 Å². The molecular formula is C25H17ClN2O4S. The molecule has 4 rings (SSSR count). The van der Waals surface area contributed by atoms with Crippen LogP contribution in [0.2, 0.25) is 5.02 Å². The first kappa shape index (κ1) is 22.4. The van der Waals surface area contributed by atoms with E-state index in [9.17, 15) is 14.4 Å². The first-order valence-corrected chi connectivity index (χ1v) is 11.1. The minimum absolute atomic E-state index is 0.127. The summed E-state index contributed by atoms with van der Waals surface area (Å²) in [6, 6.07) is 22.3. The van der Waals surface area contributed by atoms with E-state index in [0.717, 1.165) is 5.56 Å². The van der Waals surface area contributed by atoms with E-state index in [4.69, 9.17) is 16.3 Å². The first-order valence-electron chi connectivity index (χ1n) is 9.88. The van der Waals surface area contributed by atoms with Gasteiger partial charge in [0.05, 0.1) is 0 Å². The Kier molecular flexibility index (Phi) is 6.92. The molecule has 4 aromatic rings. The number of hydrogen-bond donors (Lipinski definition) is 1. The number of carbonyl (C=O) groups is 3. The number of Topliss-reactive ketones (excluding diaryl/α,β-unsaturated/α-hetero) is 1. The fraction of sp³-hybridized carbons (Fsp3) is 0.0400. The van der Waals surface area contributed by atoms with Gasteiger partial charge < -0.3 is 10.1 Å². The van der Waals surface area contributed by atoms with Gasteiger partial charge in [0.15, 0.2) is 18.1 Å². The van der Waals surface area contributed by atoms with Crippen LogP contribution in [0.15, 0.2) is 84.2 Å². The maximum atomic E-state index is 12.4. The zero-order valence-electron chi connectivity index (χ0n) is 17.2. The van der Waals surface area contributed by atoms with E-state index in [-0.39, 0.29) is 17.4 Å². The summed E-state index contributed by atoms with van der Waals surface area (Å²) in [4.78, 5) is 41.2. The lowest BCUT2D eigenvalue weighted by Crippen LogP contribution is -2.15. The Morgan fingerprint density at radius 1 is 0.909 bits per heavy atom. The molecule has 8 heteroatoms. The highest BCUT2D eigenvalue weighted by Gasteiger charge is 2.16. The molecule has 6 nitrogen and oxygen atoms in total. The Labute approximate surface area is 198 Å². The van der Waals surface area contributed by atoms with Crippen molar-refractivity contribution in [2.75, 3.05) is 11.9 Å². The molecule has 0 aliphatic heterocycles. The molecule has 0 saturated heterocycles. The summed E-state index contributed by atoms with van der Waals surface area (Å²) in [6.45, 7) is -0.418. The number of hydrogen-bond acceptors (Lipinski definition) is 6. The molecule has 0 aliphatic rings. The number of esters is 1. The number of benzene rings is 3. The van der Waals surface area contributed by atoms with Crippen LogP contribution in [0.1, 0.15) is 31.2 Å². The molecule has 1 amide bonds. The third-order valence-corrected chi connectivity index (χ3v) is 5.75. The standard InChI is InChI=1S/C25H17ClN2O4S/c26-19-8-4-7-18(13-19)24-28-21(15-33-24)25(31)32-14-22(29)16-9-11-20(12-10-16)27-23(30)17-5-2-1-3-6-17/h1-13,15H,14H2,(H,27,30). The maximum Gasteiger partial charge on any atom is 0.358 e. The molecule has 0 aliphatic carbocycles. The second kappa shape index (κ2) is 10.2. The van der Waals surface area contributed by atoms with Gasteiger partial charge in [0.1, 0.15) is 5.01 Å². The maximum absolute atomic E-state index is 12.4. The molecule has 164 valence electrons. The summed E-state index contributed by atoms with van der Waals surface area (Å²) < 4.78 is 5.13. The molecule has 0 saturated carbocycles. The molecule has 1 N–H and O–H groups in total. The molecule has 3 aromatic carbocycles. The third-order valence-electron chi connectivity index (χ3n) is 4.62. The number of nitrogens with one attached hydrogen (secondary N) is 1. The fourth-order valence-electron chi connectivity index (χ4n) is 2.94. The molecule has 1 aromatic heterocycles. The van der Waals surface area contributed by atoms with Crippen LogP contribution in [-0.2, 0) is 4.74 Å². The van der Waals surface area contributed by atoms with Crippen LogP contribution >= 0.6 is 22.9 Å². The molecule has 0 radical (unpaired) electrons. The van der Waals surface area contributed by atoms with Crippen LogP contribution in [0, 0.1) is 0 Å². The Hall–Kier alpha value is -3.81. The molecular weight excluding hydrogens is 460 g/mol. The number of thiazole rings is 1. The molecule has 0 bridgehead atoms. The SMILES string of the molecule is O=C(COC(=O)c1csc(-c2cccc(Cl)c2)n1)c1ccc(NC(=O)c2ccccc2)cc1. The van der Waals surface area contributed by atoms with E-state index in [2.05, 4.69) is 10.3 Å². The van der Waals surface area contributed by atoms with Crippen LogP contribution in [0.5, 0.6) is 0 Å². The van der Waals surface area contributed by atoms with Crippen molar-refractivity contribution in [3.8, 4) is 10.6 Å². The quantitative estimate of drug-likeness (QED) is 0.271. The number of ketones is 1. The van der Waals surface area contributed by atoms with E-state index < -0.39 is 12.6 Å². The number of ether oxygens (including phenoxy) is 1. The summed E-state index contributed by atoms with van der Waals surface area (Å²) in [7, 11) is 0. The summed E-state index contributed by atoms with van der Waals surface area (Å²) in [5, 5.41) is 5.54. The molecule has 0 atom stereocenters. The predicted molar refractivity (Wildman–Crippen MR) is 128 cm³/mol. The monoisotopic (exact) mass is 476 g/mol. The predicted octanol–water partition coefficient (Wildman–Crippen LogP) is 5.76. The minimum atomic E-state index is -0.681. The van der Waals surface area contributed by atoms with Crippen molar-refractivity contribution in [3.05, 3.63) is 106 Å². The Bertz CT molecular complexity index is 1300. The van der Waals surface area contributed by atoms with Gasteiger partial charge in [-0.15, -0.1) is 11.3 Å². The summed E-state index contributed by atoms with van der Waals surface area (Å²) >= 11 is 7.28. The second-order valence-corrected chi connectivity index (χ2v) is 8.24. The van der Waals surface area contributed by atoms with Crippen molar-refractivity contribution >= 4 is 46.3 Å². The van der Waals surface area contributed by atoms with Crippen molar-refractivity contribution in [3.63, 3.8) is 0 Å². The molecule has 33 heavy (non-hydrogen) atoms. The van der Waals surface area contributed by atoms with Gasteiger partial charge in [-0.05, 0) is 48.5 Å². The third kappa shape index (κ3) is 5.71. The lowest BCUT2D eigenvalue weighted by molar-refractivity contribution is 0.0470. The van der Waals surface area contributed by atoms with Gasteiger partial charge in [0.25, 0.3) is 5.91 Å². The average molecular weight is 477 g/mol.